The first kappa shape index (κ1) is 15.2. The van der Waals surface area contributed by atoms with Crippen molar-refractivity contribution in [3.63, 3.8) is 0 Å². The lowest BCUT2D eigenvalue weighted by molar-refractivity contribution is -0.0282. The predicted molar refractivity (Wildman–Crippen MR) is 84.0 cm³/mol. The number of aromatic nitrogens is 3. The fourth-order valence-electron chi connectivity index (χ4n) is 2.69. The third-order valence-corrected chi connectivity index (χ3v) is 4.89. The molecule has 1 saturated heterocycles. The highest BCUT2D eigenvalue weighted by Crippen LogP contribution is 2.25. The summed E-state index contributed by atoms with van der Waals surface area (Å²) in [4.78, 5) is 15.5. The molecule has 0 saturated carbocycles. The Morgan fingerprint density at radius 3 is 3.14 bits per heavy atom. The third-order valence-electron chi connectivity index (χ3n) is 3.95. The van der Waals surface area contributed by atoms with E-state index in [1.165, 1.54) is 11.3 Å². The first-order valence-corrected chi connectivity index (χ1v) is 8.47. The minimum absolute atomic E-state index is 0.0997. The summed E-state index contributed by atoms with van der Waals surface area (Å²) in [5.74, 6) is 0.893. The fourth-order valence-corrected chi connectivity index (χ4v) is 3.65. The lowest BCUT2D eigenvalue weighted by Crippen LogP contribution is -2.42. The van der Waals surface area contributed by atoms with E-state index in [-0.39, 0.29) is 12.0 Å². The number of hydrogen-bond donors (Lipinski definition) is 0. The standard InChI is InChI=1S/C15H20N4O2S/c1-3-11-5-8-22-13(11)15(20)19-6-7-21-12(9-19)14-17-16-10-18(14)4-2/h5,8,10,12H,3-4,6-7,9H2,1-2H3. The predicted octanol–water partition coefficient (Wildman–Crippen LogP) is 2.14. The maximum absolute atomic E-state index is 12.7. The van der Waals surface area contributed by atoms with E-state index in [9.17, 15) is 4.79 Å². The number of morpholine rings is 1. The molecule has 2 aromatic heterocycles. The molecule has 2 aromatic rings. The van der Waals surface area contributed by atoms with Crippen molar-refractivity contribution in [2.75, 3.05) is 19.7 Å². The molecule has 3 rings (SSSR count). The number of carbonyl (C=O) groups is 1. The Kier molecular flexibility index (Phi) is 4.54. The van der Waals surface area contributed by atoms with Gasteiger partial charge in [0.05, 0.1) is 18.0 Å². The molecule has 0 N–H and O–H groups in total. The second kappa shape index (κ2) is 6.58. The zero-order valence-corrected chi connectivity index (χ0v) is 13.7. The number of carbonyl (C=O) groups excluding carboxylic acids is 1. The normalized spacial score (nSPS) is 18.6. The van der Waals surface area contributed by atoms with Crippen LogP contribution in [0.3, 0.4) is 0 Å². The first-order valence-electron chi connectivity index (χ1n) is 7.59. The van der Waals surface area contributed by atoms with Crippen molar-refractivity contribution >= 4 is 17.2 Å². The summed E-state index contributed by atoms with van der Waals surface area (Å²) < 4.78 is 7.76. The molecule has 0 radical (unpaired) electrons. The van der Waals surface area contributed by atoms with E-state index in [2.05, 4.69) is 17.1 Å². The maximum Gasteiger partial charge on any atom is 0.264 e. The van der Waals surface area contributed by atoms with Gasteiger partial charge >= 0.3 is 0 Å². The van der Waals surface area contributed by atoms with E-state index < -0.39 is 0 Å². The van der Waals surface area contributed by atoms with Crippen LogP contribution in [0.25, 0.3) is 0 Å². The van der Waals surface area contributed by atoms with E-state index in [1.54, 1.807) is 6.33 Å². The van der Waals surface area contributed by atoms with Gasteiger partial charge in [0.15, 0.2) is 5.82 Å². The smallest absolute Gasteiger partial charge is 0.264 e. The highest BCUT2D eigenvalue weighted by molar-refractivity contribution is 7.12. The van der Waals surface area contributed by atoms with Crippen molar-refractivity contribution < 1.29 is 9.53 Å². The van der Waals surface area contributed by atoms with Gasteiger partial charge in [-0.1, -0.05) is 6.92 Å². The van der Waals surface area contributed by atoms with E-state index >= 15 is 0 Å². The van der Waals surface area contributed by atoms with Crippen LogP contribution in [-0.2, 0) is 17.7 Å². The zero-order chi connectivity index (χ0) is 15.5. The molecular weight excluding hydrogens is 300 g/mol. The summed E-state index contributed by atoms with van der Waals surface area (Å²) in [6, 6.07) is 2.03. The van der Waals surface area contributed by atoms with Crippen molar-refractivity contribution in [3.8, 4) is 0 Å². The second-order valence-electron chi connectivity index (χ2n) is 5.21. The summed E-state index contributed by atoms with van der Waals surface area (Å²) in [6.45, 7) is 6.58. The number of rotatable bonds is 4. The van der Waals surface area contributed by atoms with Gasteiger partial charge in [-0.05, 0) is 30.4 Å². The second-order valence-corrected chi connectivity index (χ2v) is 6.13. The summed E-state index contributed by atoms with van der Waals surface area (Å²) in [5.41, 5.74) is 1.12. The van der Waals surface area contributed by atoms with Crippen LogP contribution >= 0.6 is 11.3 Å². The van der Waals surface area contributed by atoms with Crippen LogP contribution in [0.4, 0.5) is 0 Å². The molecule has 22 heavy (non-hydrogen) atoms. The third kappa shape index (κ3) is 2.78. The monoisotopic (exact) mass is 320 g/mol. The summed E-state index contributed by atoms with van der Waals surface area (Å²) >= 11 is 1.52. The molecule has 0 spiro atoms. The Balaban J connectivity index is 1.77. The van der Waals surface area contributed by atoms with Gasteiger partial charge < -0.3 is 14.2 Å². The van der Waals surface area contributed by atoms with Gasteiger partial charge in [-0.2, -0.15) is 0 Å². The molecule has 1 amide bonds. The van der Waals surface area contributed by atoms with Gasteiger partial charge in [0.2, 0.25) is 0 Å². The molecule has 6 nitrogen and oxygen atoms in total. The van der Waals surface area contributed by atoms with Crippen LogP contribution in [0.15, 0.2) is 17.8 Å². The molecule has 0 aromatic carbocycles. The number of ether oxygens (including phenoxy) is 1. The molecule has 0 aliphatic carbocycles. The lowest BCUT2D eigenvalue weighted by Gasteiger charge is -2.32. The summed E-state index contributed by atoms with van der Waals surface area (Å²) in [6.07, 6.45) is 2.38. The van der Waals surface area contributed by atoms with Crippen molar-refractivity contribution in [3.05, 3.63) is 34.0 Å². The highest BCUT2D eigenvalue weighted by Gasteiger charge is 2.30. The average Bonchev–Trinajstić information content (AvgIpc) is 3.22. The molecule has 7 heteroatoms. The largest absolute Gasteiger partial charge is 0.366 e. The van der Waals surface area contributed by atoms with Gasteiger partial charge in [-0.25, -0.2) is 0 Å². The number of nitrogens with zero attached hydrogens (tertiary/aromatic N) is 4. The Hall–Kier alpha value is -1.73. The fraction of sp³-hybridized carbons (Fsp3) is 0.533. The Morgan fingerprint density at radius 1 is 1.50 bits per heavy atom. The van der Waals surface area contributed by atoms with Crippen molar-refractivity contribution in [1.29, 1.82) is 0 Å². The Labute approximate surface area is 133 Å². The molecule has 1 fully saturated rings. The van der Waals surface area contributed by atoms with Crippen LogP contribution in [0, 0.1) is 0 Å². The minimum Gasteiger partial charge on any atom is -0.366 e. The highest BCUT2D eigenvalue weighted by atomic mass is 32.1. The van der Waals surface area contributed by atoms with E-state index in [1.807, 2.05) is 27.8 Å². The number of amides is 1. The molecule has 1 aliphatic heterocycles. The van der Waals surface area contributed by atoms with Crippen LogP contribution in [0.2, 0.25) is 0 Å². The summed E-state index contributed by atoms with van der Waals surface area (Å²) in [5, 5.41) is 10.1. The van der Waals surface area contributed by atoms with Gasteiger partial charge in [0.25, 0.3) is 5.91 Å². The maximum atomic E-state index is 12.7. The van der Waals surface area contributed by atoms with Crippen LogP contribution < -0.4 is 0 Å². The van der Waals surface area contributed by atoms with E-state index in [0.717, 1.165) is 29.2 Å². The van der Waals surface area contributed by atoms with Gasteiger partial charge in [-0.15, -0.1) is 21.5 Å². The quantitative estimate of drug-likeness (QED) is 0.866. The molecule has 1 unspecified atom stereocenters. The van der Waals surface area contributed by atoms with Crippen LogP contribution in [-0.4, -0.2) is 45.3 Å². The van der Waals surface area contributed by atoms with Crippen LogP contribution in [0.5, 0.6) is 0 Å². The zero-order valence-electron chi connectivity index (χ0n) is 12.9. The van der Waals surface area contributed by atoms with Gasteiger partial charge in [-0.3, -0.25) is 4.79 Å². The van der Waals surface area contributed by atoms with E-state index in [0.29, 0.717) is 19.7 Å². The topological polar surface area (TPSA) is 60.3 Å². The van der Waals surface area contributed by atoms with Crippen molar-refractivity contribution in [1.82, 2.24) is 19.7 Å². The molecule has 3 heterocycles. The average molecular weight is 320 g/mol. The van der Waals surface area contributed by atoms with Gasteiger partial charge in [0.1, 0.15) is 12.4 Å². The Bertz CT molecular complexity index is 652. The molecule has 1 aliphatic rings. The Morgan fingerprint density at radius 2 is 2.36 bits per heavy atom. The molecule has 1 atom stereocenters. The molecule has 118 valence electrons. The van der Waals surface area contributed by atoms with Gasteiger partial charge in [0, 0.05) is 13.1 Å². The number of hydrogen-bond acceptors (Lipinski definition) is 5. The van der Waals surface area contributed by atoms with E-state index in [4.69, 9.17) is 4.74 Å². The SMILES string of the molecule is CCc1ccsc1C(=O)N1CCOC(c2nncn2CC)C1. The minimum atomic E-state index is -0.204. The van der Waals surface area contributed by atoms with Crippen molar-refractivity contribution in [2.24, 2.45) is 0 Å². The molecule has 0 bridgehead atoms. The summed E-state index contributed by atoms with van der Waals surface area (Å²) in [7, 11) is 0. The van der Waals surface area contributed by atoms with Crippen molar-refractivity contribution in [2.45, 2.75) is 32.9 Å². The van der Waals surface area contributed by atoms with Crippen LogP contribution in [0.1, 0.15) is 41.0 Å². The lowest BCUT2D eigenvalue weighted by atomic mass is 10.1. The number of thiophene rings is 1. The number of aryl methyl sites for hydroxylation is 2. The molecular formula is C15H20N4O2S. The first-order chi connectivity index (χ1) is 10.7.